The first-order chi connectivity index (χ1) is 7.34. The summed E-state index contributed by atoms with van der Waals surface area (Å²) in [4.78, 5) is 0. The summed E-state index contributed by atoms with van der Waals surface area (Å²) in [6.07, 6.45) is 3.28. The standard InChI is InChI=1S/C10H22N2OS2/c1-2-11-8-15-14-7-3-6-12-10(13)9-4-5-9/h9-13H,2-8H2,1H3. The van der Waals surface area contributed by atoms with Crippen molar-refractivity contribution >= 4 is 21.6 Å². The van der Waals surface area contributed by atoms with Crippen LogP contribution in [0.5, 0.6) is 0 Å². The number of aliphatic hydroxyl groups is 1. The molecule has 0 heterocycles. The highest BCUT2D eigenvalue weighted by Gasteiger charge is 2.28. The zero-order chi connectivity index (χ0) is 10.9. The largest absolute Gasteiger partial charge is 0.378 e. The fourth-order valence-corrected chi connectivity index (χ4v) is 3.16. The molecule has 5 heteroatoms. The molecular formula is C10H22N2OS2. The Bertz CT molecular complexity index is 156. The van der Waals surface area contributed by atoms with Crippen LogP contribution in [0.25, 0.3) is 0 Å². The van der Waals surface area contributed by atoms with E-state index in [2.05, 4.69) is 17.6 Å². The van der Waals surface area contributed by atoms with E-state index in [1.807, 2.05) is 21.6 Å². The summed E-state index contributed by atoms with van der Waals surface area (Å²) in [5.74, 6) is 2.72. The third-order valence-corrected chi connectivity index (χ3v) is 4.62. The maximum Gasteiger partial charge on any atom is 0.107 e. The van der Waals surface area contributed by atoms with Gasteiger partial charge in [-0.3, -0.25) is 5.32 Å². The highest BCUT2D eigenvalue weighted by atomic mass is 33.1. The topological polar surface area (TPSA) is 44.3 Å². The molecule has 1 fully saturated rings. The molecule has 0 aliphatic heterocycles. The smallest absolute Gasteiger partial charge is 0.107 e. The molecule has 3 N–H and O–H groups in total. The molecule has 3 nitrogen and oxygen atoms in total. The van der Waals surface area contributed by atoms with Crippen LogP contribution in [0.15, 0.2) is 0 Å². The summed E-state index contributed by atoms with van der Waals surface area (Å²) in [6.45, 7) is 4.10. The van der Waals surface area contributed by atoms with E-state index in [1.54, 1.807) is 0 Å². The first-order valence-electron chi connectivity index (χ1n) is 5.71. The summed E-state index contributed by atoms with van der Waals surface area (Å²) >= 11 is 0. The van der Waals surface area contributed by atoms with Gasteiger partial charge in [-0.05, 0) is 38.3 Å². The van der Waals surface area contributed by atoms with Crippen molar-refractivity contribution in [3.05, 3.63) is 0 Å². The van der Waals surface area contributed by atoms with Gasteiger partial charge in [0.1, 0.15) is 6.23 Å². The predicted molar refractivity (Wildman–Crippen MR) is 69.9 cm³/mol. The van der Waals surface area contributed by atoms with E-state index < -0.39 is 0 Å². The number of aliphatic hydroxyl groups excluding tert-OH is 1. The van der Waals surface area contributed by atoms with Gasteiger partial charge in [-0.1, -0.05) is 28.5 Å². The molecule has 1 aliphatic rings. The van der Waals surface area contributed by atoms with Crippen molar-refractivity contribution in [1.29, 1.82) is 0 Å². The lowest BCUT2D eigenvalue weighted by Crippen LogP contribution is -2.31. The van der Waals surface area contributed by atoms with E-state index in [4.69, 9.17) is 0 Å². The molecule has 0 aromatic carbocycles. The van der Waals surface area contributed by atoms with E-state index in [1.165, 1.54) is 12.8 Å². The molecule has 0 radical (unpaired) electrons. The molecule has 1 rings (SSSR count). The van der Waals surface area contributed by atoms with Gasteiger partial charge in [0.2, 0.25) is 0 Å². The Labute approximate surface area is 101 Å². The average molecular weight is 250 g/mol. The zero-order valence-electron chi connectivity index (χ0n) is 9.37. The Balaban J connectivity index is 1.72. The monoisotopic (exact) mass is 250 g/mol. The summed E-state index contributed by atoms with van der Waals surface area (Å²) < 4.78 is 0. The second-order valence-electron chi connectivity index (χ2n) is 3.78. The normalized spacial score (nSPS) is 18.0. The molecular weight excluding hydrogens is 228 g/mol. The Morgan fingerprint density at radius 1 is 1.40 bits per heavy atom. The van der Waals surface area contributed by atoms with E-state index >= 15 is 0 Å². The van der Waals surface area contributed by atoms with Crippen molar-refractivity contribution in [2.24, 2.45) is 5.92 Å². The van der Waals surface area contributed by atoms with Gasteiger partial charge in [0.15, 0.2) is 0 Å². The molecule has 1 saturated carbocycles. The Morgan fingerprint density at radius 3 is 2.87 bits per heavy atom. The fourth-order valence-electron chi connectivity index (χ4n) is 1.20. The summed E-state index contributed by atoms with van der Waals surface area (Å²) in [7, 11) is 3.77. The van der Waals surface area contributed by atoms with Crippen LogP contribution in [0.4, 0.5) is 0 Å². The number of nitrogens with one attached hydrogen (secondary N) is 2. The van der Waals surface area contributed by atoms with Crippen molar-refractivity contribution in [2.45, 2.75) is 32.4 Å². The zero-order valence-corrected chi connectivity index (χ0v) is 11.0. The summed E-state index contributed by atoms with van der Waals surface area (Å²) in [5.41, 5.74) is 0. The summed E-state index contributed by atoms with van der Waals surface area (Å²) in [5, 5.41) is 16.0. The second-order valence-corrected chi connectivity index (χ2v) is 6.36. The fraction of sp³-hybridized carbons (Fsp3) is 1.00. The molecule has 1 aliphatic carbocycles. The highest BCUT2D eigenvalue weighted by molar-refractivity contribution is 8.76. The van der Waals surface area contributed by atoms with Crippen molar-refractivity contribution in [3.8, 4) is 0 Å². The highest BCUT2D eigenvalue weighted by Crippen LogP contribution is 2.31. The van der Waals surface area contributed by atoms with Gasteiger partial charge < -0.3 is 10.4 Å². The van der Waals surface area contributed by atoms with Crippen LogP contribution in [0.2, 0.25) is 0 Å². The first kappa shape index (κ1) is 13.6. The minimum absolute atomic E-state index is 0.246. The van der Waals surface area contributed by atoms with Crippen LogP contribution >= 0.6 is 21.6 Å². The van der Waals surface area contributed by atoms with Gasteiger partial charge in [0.05, 0.1) is 5.88 Å². The predicted octanol–water partition coefficient (Wildman–Crippen LogP) is 1.64. The lowest BCUT2D eigenvalue weighted by molar-refractivity contribution is 0.115. The Kier molecular flexibility index (Phi) is 7.91. The van der Waals surface area contributed by atoms with Crippen molar-refractivity contribution < 1.29 is 5.11 Å². The van der Waals surface area contributed by atoms with E-state index in [-0.39, 0.29) is 6.23 Å². The van der Waals surface area contributed by atoms with Crippen molar-refractivity contribution in [1.82, 2.24) is 10.6 Å². The average Bonchev–Trinajstić information content (AvgIpc) is 3.05. The van der Waals surface area contributed by atoms with Gasteiger partial charge in [0.25, 0.3) is 0 Å². The van der Waals surface area contributed by atoms with Crippen molar-refractivity contribution in [3.63, 3.8) is 0 Å². The molecule has 0 spiro atoms. The first-order valence-corrected chi connectivity index (χ1v) is 8.20. The number of hydrogen-bond acceptors (Lipinski definition) is 5. The van der Waals surface area contributed by atoms with Crippen LogP contribution in [0.1, 0.15) is 26.2 Å². The minimum Gasteiger partial charge on any atom is -0.378 e. The molecule has 0 bridgehead atoms. The van der Waals surface area contributed by atoms with E-state index in [9.17, 15) is 5.11 Å². The van der Waals surface area contributed by atoms with Gasteiger partial charge in [-0.2, -0.15) is 0 Å². The molecule has 0 saturated heterocycles. The second kappa shape index (κ2) is 8.70. The van der Waals surface area contributed by atoms with Crippen LogP contribution in [-0.2, 0) is 0 Å². The van der Waals surface area contributed by atoms with Gasteiger partial charge >= 0.3 is 0 Å². The van der Waals surface area contributed by atoms with Crippen LogP contribution in [-0.4, -0.2) is 36.1 Å². The molecule has 0 aromatic heterocycles. The van der Waals surface area contributed by atoms with E-state index in [0.717, 1.165) is 31.1 Å². The lowest BCUT2D eigenvalue weighted by Gasteiger charge is -2.10. The Morgan fingerprint density at radius 2 is 2.20 bits per heavy atom. The van der Waals surface area contributed by atoms with Crippen LogP contribution in [0.3, 0.4) is 0 Å². The third-order valence-electron chi connectivity index (χ3n) is 2.32. The van der Waals surface area contributed by atoms with Crippen LogP contribution < -0.4 is 10.6 Å². The third kappa shape index (κ3) is 7.47. The lowest BCUT2D eigenvalue weighted by atomic mass is 10.3. The molecule has 1 unspecified atom stereocenters. The molecule has 0 amide bonds. The number of rotatable bonds is 10. The number of hydrogen-bond donors (Lipinski definition) is 3. The maximum atomic E-state index is 9.53. The maximum absolute atomic E-state index is 9.53. The van der Waals surface area contributed by atoms with Gasteiger partial charge in [-0.15, -0.1) is 0 Å². The van der Waals surface area contributed by atoms with Crippen LogP contribution in [0, 0.1) is 5.92 Å². The Hall–Kier alpha value is 0.580. The van der Waals surface area contributed by atoms with Gasteiger partial charge in [0, 0.05) is 5.75 Å². The molecule has 90 valence electrons. The summed E-state index contributed by atoms with van der Waals surface area (Å²) in [6, 6.07) is 0. The quantitative estimate of drug-likeness (QED) is 0.312. The molecule has 1 atom stereocenters. The minimum atomic E-state index is -0.246. The molecule has 0 aromatic rings. The SMILES string of the molecule is CCNCSSCCCNC(O)C1CC1. The van der Waals surface area contributed by atoms with E-state index in [0.29, 0.717) is 5.92 Å². The molecule has 15 heavy (non-hydrogen) atoms. The van der Waals surface area contributed by atoms with Gasteiger partial charge in [-0.25, -0.2) is 0 Å². The van der Waals surface area contributed by atoms with Crippen molar-refractivity contribution in [2.75, 3.05) is 24.7 Å².